The van der Waals surface area contributed by atoms with Gasteiger partial charge < -0.3 is 15.5 Å². The summed E-state index contributed by atoms with van der Waals surface area (Å²) in [5.74, 6) is 0.0807. The third kappa shape index (κ3) is 4.95. The molecule has 0 aromatic heterocycles. The summed E-state index contributed by atoms with van der Waals surface area (Å²) in [7, 11) is 2.09. The molecule has 4 nitrogen and oxygen atoms in total. The molecule has 15 heavy (non-hydrogen) atoms. The fourth-order valence-corrected chi connectivity index (χ4v) is 1.85. The van der Waals surface area contributed by atoms with Crippen LogP contribution in [0.15, 0.2) is 12.7 Å². The fourth-order valence-electron chi connectivity index (χ4n) is 1.85. The number of hydrogen-bond acceptors (Lipinski definition) is 3. The van der Waals surface area contributed by atoms with Gasteiger partial charge >= 0.3 is 0 Å². The number of likely N-dealkylation sites (N-methyl/N-ethyl adjacent to an activating group) is 1. The number of nitrogens with one attached hydrogen (secondary N) is 2. The summed E-state index contributed by atoms with van der Waals surface area (Å²) in [6.45, 7) is 6.75. The number of nitrogens with zero attached hydrogens (tertiary/aromatic N) is 1. The van der Waals surface area contributed by atoms with Crippen molar-refractivity contribution in [2.24, 2.45) is 0 Å². The first-order valence-corrected chi connectivity index (χ1v) is 5.52. The van der Waals surface area contributed by atoms with Crippen LogP contribution in [-0.4, -0.2) is 50.1 Å². The molecule has 1 rings (SSSR count). The number of amides is 1. The minimum Gasteiger partial charge on any atom is -0.351 e. The maximum absolute atomic E-state index is 11.5. The van der Waals surface area contributed by atoms with Crippen molar-refractivity contribution in [3.05, 3.63) is 12.7 Å². The van der Waals surface area contributed by atoms with Gasteiger partial charge in [-0.2, -0.15) is 0 Å². The number of carbonyl (C=O) groups is 1. The molecule has 86 valence electrons. The summed E-state index contributed by atoms with van der Waals surface area (Å²) >= 11 is 0. The Morgan fingerprint density at radius 1 is 1.67 bits per heavy atom. The molecule has 1 atom stereocenters. The second kappa shape index (κ2) is 6.58. The molecular weight excluding hydrogens is 190 g/mol. The monoisotopic (exact) mass is 211 g/mol. The number of hydrogen-bond donors (Lipinski definition) is 2. The van der Waals surface area contributed by atoms with Gasteiger partial charge in [-0.1, -0.05) is 6.08 Å². The summed E-state index contributed by atoms with van der Waals surface area (Å²) in [6, 6.07) is 0.321. The predicted molar refractivity (Wildman–Crippen MR) is 61.7 cm³/mol. The Hall–Kier alpha value is -0.870. The van der Waals surface area contributed by atoms with Crippen molar-refractivity contribution in [2.45, 2.75) is 18.9 Å². The zero-order valence-electron chi connectivity index (χ0n) is 9.46. The minimum absolute atomic E-state index is 0.0807. The highest BCUT2D eigenvalue weighted by Crippen LogP contribution is 2.07. The second-order valence-electron chi connectivity index (χ2n) is 4.09. The van der Waals surface area contributed by atoms with Gasteiger partial charge in [0, 0.05) is 19.1 Å². The summed E-state index contributed by atoms with van der Waals surface area (Å²) in [4.78, 5) is 13.7. The molecule has 1 saturated heterocycles. The van der Waals surface area contributed by atoms with Crippen LogP contribution in [0.4, 0.5) is 0 Å². The molecular formula is C11H21N3O. The van der Waals surface area contributed by atoms with Crippen LogP contribution < -0.4 is 10.6 Å². The van der Waals surface area contributed by atoms with E-state index in [-0.39, 0.29) is 5.91 Å². The second-order valence-corrected chi connectivity index (χ2v) is 4.09. The molecule has 0 bridgehead atoms. The minimum atomic E-state index is 0.0807. The normalized spacial score (nSPS) is 22.3. The van der Waals surface area contributed by atoms with Gasteiger partial charge in [-0.15, -0.1) is 6.58 Å². The maximum Gasteiger partial charge on any atom is 0.234 e. The molecule has 0 aromatic rings. The highest BCUT2D eigenvalue weighted by atomic mass is 16.2. The van der Waals surface area contributed by atoms with Crippen molar-refractivity contribution >= 4 is 5.91 Å². The number of rotatable bonds is 5. The van der Waals surface area contributed by atoms with Gasteiger partial charge in [0.1, 0.15) is 0 Å². The molecule has 1 aliphatic heterocycles. The highest BCUT2D eigenvalue weighted by molar-refractivity contribution is 5.78. The lowest BCUT2D eigenvalue weighted by Crippen LogP contribution is -2.48. The van der Waals surface area contributed by atoms with Crippen LogP contribution in [0, 0.1) is 0 Å². The van der Waals surface area contributed by atoms with Crippen LogP contribution in [0.5, 0.6) is 0 Å². The van der Waals surface area contributed by atoms with E-state index in [9.17, 15) is 4.79 Å². The smallest absolute Gasteiger partial charge is 0.234 e. The van der Waals surface area contributed by atoms with Crippen LogP contribution in [0.25, 0.3) is 0 Å². The Kier molecular flexibility index (Phi) is 5.36. The lowest BCUT2D eigenvalue weighted by Gasteiger charge is -2.30. The van der Waals surface area contributed by atoms with E-state index in [2.05, 4.69) is 29.2 Å². The van der Waals surface area contributed by atoms with Crippen molar-refractivity contribution in [1.82, 2.24) is 15.5 Å². The van der Waals surface area contributed by atoms with E-state index in [0.29, 0.717) is 19.1 Å². The number of piperidine rings is 1. The zero-order valence-corrected chi connectivity index (χ0v) is 9.46. The standard InChI is InChI=1S/C11H21N3O/c1-3-6-12-8-11(15)13-10-5-4-7-14(2)9-10/h3,10,12H,1,4-9H2,2H3,(H,13,15). The van der Waals surface area contributed by atoms with E-state index in [1.54, 1.807) is 6.08 Å². The van der Waals surface area contributed by atoms with Crippen LogP contribution >= 0.6 is 0 Å². The SMILES string of the molecule is C=CCNCC(=O)NC1CCCN(C)C1. The molecule has 0 aliphatic carbocycles. The van der Waals surface area contributed by atoms with Gasteiger partial charge in [-0.25, -0.2) is 0 Å². The van der Waals surface area contributed by atoms with Crippen LogP contribution in [0.3, 0.4) is 0 Å². The van der Waals surface area contributed by atoms with E-state index in [1.165, 1.54) is 6.42 Å². The fraction of sp³-hybridized carbons (Fsp3) is 0.727. The van der Waals surface area contributed by atoms with Crippen molar-refractivity contribution < 1.29 is 4.79 Å². The van der Waals surface area contributed by atoms with E-state index in [0.717, 1.165) is 19.5 Å². The Bertz CT molecular complexity index is 218. The topological polar surface area (TPSA) is 44.4 Å². The molecule has 1 amide bonds. The zero-order chi connectivity index (χ0) is 11.1. The molecule has 4 heteroatoms. The molecule has 1 fully saturated rings. The third-order valence-corrected chi connectivity index (χ3v) is 2.56. The van der Waals surface area contributed by atoms with E-state index >= 15 is 0 Å². The Morgan fingerprint density at radius 2 is 2.47 bits per heavy atom. The maximum atomic E-state index is 11.5. The third-order valence-electron chi connectivity index (χ3n) is 2.56. The average Bonchev–Trinajstić information content (AvgIpc) is 2.18. The van der Waals surface area contributed by atoms with Crippen molar-refractivity contribution in [1.29, 1.82) is 0 Å². The van der Waals surface area contributed by atoms with Crippen LogP contribution in [0.1, 0.15) is 12.8 Å². The predicted octanol–water partition coefficient (Wildman–Crippen LogP) is -0.0276. The van der Waals surface area contributed by atoms with Crippen LogP contribution in [0.2, 0.25) is 0 Å². The van der Waals surface area contributed by atoms with Crippen LogP contribution in [-0.2, 0) is 4.79 Å². The number of carbonyl (C=O) groups excluding carboxylic acids is 1. The molecule has 1 unspecified atom stereocenters. The van der Waals surface area contributed by atoms with E-state index < -0.39 is 0 Å². The van der Waals surface area contributed by atoms with Gasteiger partial charge in [0.05, 0.1) is 6.54 Å². The van der Waals surface area contributed by atoms with Gasteiger partial charge in [0.2, 0.25) is 5.91 Å². The first-order chi connectivity index (χ1) is 7.22. The summed E-state index contributed by atoms with van der Waals surface area (Å²) in [5, 5.41) is 6.02. The Balaban J connectivity index is 2.16. The van der Waals surface area contributed by atoms with E-state index in [4.69, 9.17) is 0 Å². The van der Waals surface area contributed by atoms with Gasteiger partial charge in [0.15, 0.2) is 0 Å². The van der Waals surface area contributed by atoms with Gasteiger partial charge in [0.25, 0.3) is 0 Å². The molecule has 0 saturated carbocycles. The van der Waals surface area contributed by atoms with Crippen molar-refractivity contribution in [2.75, 3.05) is 33.2 Å². The molecule has 0 radical (unpaired) electrons. The molecule has 1 heterocycles. The average molecular weight is 211 g/mol. The molecule has 1 aliphatic rings. The first kappa shape index (κ1) is 12.2. The number of likely N-dealkylation sites (tertiary alicyclic amines) is 1. The highest BCUT2D eigenvalue weighted by Gasteiger charge is 2.18. The Labute approximate surface area is 91.7 Å². The molecule has 2 N–H and O–H groups in total. The van der Waals surface area contributed by atoms with Gasteiger partial charge in [-0.3, -0.25) is 4.79 Å². The summed E-state index contributed by atoms with van der Waals surface area (Å²) in [6.07, 6.45) is 4.01. The van der Waals surface area contributed by atoms with Crippen molar-refractivity contribution in [3.63, 3.8) is 0 Å². The summed E-state index contributed by atoms with van der Waals surface area (Å²) < 4.78 is 0. The van der Waals surface area contributed by atoms with Crippen molar-refractivity contribution in [3.8, 4) is 0 Å². The lowest BCUT2D eigenvalue weighted by molar-refractivity contribution is -0.121. The molecule has 0 aromatic carbocycles. The van der Waals surface area contributed by atoms with Gasteiger partial charge in [-0.05, 0) is 26.4 Å². The summed E-state index contributed by atoms with van der Waals surface area (Å²) in [5.41, 5.74) is 0. The van der Waals surface area contributed by atoms with E-state index in [1.807, 2.05) is 0 Å². The Morgan fingerprint density at radius 3 is 3.13 bits per heavy atom. The first-order valence-electron chi connectivity index (χ1n) is 5.52. The largest absolute Gasteiger partial charge is 0.351 e. The molecule has 0 spiro atoms. The lowest BCUT2D eigenvalue weighted by atomic mass is 10.1. The quantitative estimate of drug-likeness (QED) is 0.496.